The number of benzene rings is 1. The molecule has 1 aromatic rings. The van der Waals surface area contributed by atoms with Crippen molar-refractivity contribution in [3.05, 3.63) is 35.9 Å². The summed E-state index contributed by atoms with van der Waals surface area (Å²) in [6.07, 6.45) is 2.49. The zero-order chi connectivity index (χ0) is 15.2. The molecule has 2 N–H and O–H groups in total. The summed E-state index contributed by atoms with van der Waals surface area (Å²) in [6.45, 7) is 1.61. The van der Waals surface area contributed by atoms with Gasteiger partial charge in [-0.1, -0.05) is 19.1 Å². The number of sulfonamides is 1. The van der Waals surface area contributed by atoms with Gasteiger partial charge in [0.1, 0.15) is 0 Å². The highest BCUT2D eigenvalue weighted by Crippen LogP contribution is 2.16. The molecule has 20 heavy (non-hydrogen) atoms. The van der Waals surface area contributed by atoms with Gasteiger partial charge in [-0.05, 0) is 30.2 Å². The van der Waals surface area contributed by atoms with Crippen LogP contribution in [0.2, 0.25) is 0 Å². The van der Waals surface area contributed by atoms with Crippen LogP contribution in [0.15, 0.2) is 30.3 Å². The normalized spacial score (nSPS) is 12.8. The molecule has 0 saturated carbocycles. The molecule has 0 bridgehead atoms. The van der Waals surface area contributed by atoms with Gasteiger partial charge >= 0.3 is 5.97 Å². The van der Waals surface area contributed by atoms with Crippen molar-refractivity contribution in [2.24, 2.45) is 0 Å². The van der Waals surface area contributed by atoms with Gasteiger partial charge in [-0.2, -0.15) is 5.26 Å². The predicted molar refractivity (Wildman–Crippen MR) is 75.3 cm³/mol. The number of carbonyl (C=O) groups is 1. The summed E-state index contributed by atoms with van der Waals surface area (Å²) >= 11 is 0. The van der Waals surface area contributed by atoms with Crippen LogP contribution in [0.3, 0.4) is 0 Å². The summed E-state index contributed by atoms with van der Waals surface area (Å²) in [6, 6.07) is 7.97. The first-order chi connectivity index (χ1) is 9.39. The molecule has 0 aromatic heterocycles. The molecule has 0 aliphatic heterocycles. The standard InChI is InChI=1S/C13H14N2O4S/c1-2-12(9-14)20(18,19)15-11-5-3-4-10(8-11)6-7-13(16)17/h3-8,12,15H,2H2,1H3,(H,16,17)/b7-6+. The maximum atomic E-state index is 11.9. The molecule has 0 heterocycles. The lowest BCUT2D eigenvalue weighted by Crippen LogP contribution is -2.25. The number of hydrogen-bond donors (Lipinski definition) is 2. The van der Waals surface area contributed by atoms with Gasteiger partial charge in [0.05, 0.1) is 6.07 Å². The predicted octanol–water partition coefficient (Wildman–Crippen LogP) is 1.83. The second-order valence-corrected chi connectivity index (χ2v) is 5.83. The summed E-state index contributed by atoms with van der Waals surface area (Å²) < 4.78 is 26.1. The second-order valence-electron chi connectivity index (χ2n) is 3.97. The van der Waals surface area contributed by atoms with Gasteiger partial charge in [-0.15, -0.1) is 0 Å². The van der Waals surface area contributed by atoms with Crippen LogP contribution in [0, 0.1) is 11.3 Å². The summed E-state index contributed by atoms with van der Waals surface area (Å²) in [5, 5.41) is 16.2. The minimum absolute atomic E-state index is 0.185. The lowest BCUT2D eigenvalue weighted by molar-refractivity contribution is -0.131. The van der Waals surface area contributed by atoms with E-state index in [9.17, 15) is 13.2 Å². The highest BCUT2D eigenvalue weighted by atomic mass is 32.2. The Morgan fingerprint density at radius 3 is 2.80 bits per heavy atom. The average Bonchev–Trinajstić information content (AvgIpc) is 2.37. The van der Waals surface area contributed by atoms with Crippen molar-refractivity contribution in [2.75, 3.05) is 4.72 Å². The quantitative estimate of drug-likeness (QED) is 0.778. The molecule has 0 saturated heterocycles. The average molecular weight is 294 g/mol. The van der Waals surface area contributed by atoms with E-state index in [0.717, 1.165) is 6.08 Å². The van der Waals surface area contributed by atoms with Gasteiger partial charge in [0.2, 0.25) is 10.0 Å². The second kappa shape index (κ2) is 6.73. The van der Waals surface area contributed by atoms with E-state index in [2.05, 4.69) is 4.72 Å². The van der Waals surface area contributed by atoms with Gasteiger partial charge in [0, 0.05) is 11.8 Å². The summed E-state index contributed by atoms with van der Waals surface area (Å²) in [5.74, 6) is -1.09. The first-order valence-electron chi connectivity index (χ1n) is 5.81. The lowest BCUT2D eigenvalue weighted by atomic mass is 10.2. The highest BCUT2D eigenvalue weighted by molar-refractivity contribution is 7.93. The molecular weight excluding hydrogens is 280 g/mol. The topological polar surface area (TPSA) is 107 Å². The number of nitriles is 1. The van der Waals surface area contributed by atoms with E-state index in [0.29, 0.717) is 5.56 Å². The number of carboxylic acids is 1. The molecule has 0 aliphatic rings. The van der Waals surface area contributed by atoms with Crippen molar-refractivity contribution >= 4 is 27.8 Å². The van der Waals surface area contributed by atoms with Gasteiger partial charge < -0.3 is 5.11 Å². The molecule has 0 aliphatic carbocycles. The minimum atomic E-state index is -3.78. The van der Waals surface area contributed by atoms with Crippen LogP contribution in [0.25, 0.3) is 6.08 Å². The summed E-state index contributed by atoms with van der Waals surface area (Å²) in [7, 11) is -3.78. The van der Waals surface area contributed by atoms with Crippen LogP contribution < -0.4 is 4.72 Å². The van der Waals surface area contributed by atoms with Gasteiger partial charge in [-0.3, -0.25) is 4.72 Å². The monoisotopic (exact) mass is 294 g/mol. The molecule has 0 amide bonds. The smallest absolute Gasteiger partial charge is 0.328 e. The van der Waals surface area contributed by atoms with Crippen molar-refractivity contribution in [1.29, 1.82) is 5.26 Å². The van der Waals surface area contributed by atoms with E-state index in [-0.39, 0.29) is 12.1 Å². The fourth-order valence-corrected chi connectivity index (χ4v) is 2.66. The molecule has 1 atom stereocenters. The zero-order valence-corrected chi connectivity index (χ0v) is 11.6. The molecule has 1 aromatic carbocycles. The van der Waals surface area contributed by atoms with Crippen molar-refractivity contribution < 1.29 is 18.3 Å². The largest absolute Gasteiger partial charge is 0.478 e. The molecular formula is C13H14N2O4S. The van der Waals surface area contributed by atoms with E-state index in [1.54, 1.807) is 25.1 Å². The van der Waals surface area contributed by atoms with Crippen LogP contribution in [0.1, 0.15) is 18.9 Å². The molecule has 1 rings (SSSR count). The number of rotatable bonds is 6. The number of carboxylic acid groups (broad SMARTS) is 1. The highest BCUT2D eigenvalue weighted by Gasteiger charge is 2.23. The van der Waals surface area contributed by atoms with Crippen LogP contribution in [-0.2, 0) is 14.8 Å². The van der Waals surface area contributed by atoms with Crippen molar-refractivity contribution in [1.82, 2.24) is 0 Å². The molecule has 106 valence electrons. The molecule has 7 heteroatoms. The van der Waals surface area contributed by atoms with E-state index < -0.39 is 21.2 Å². The first kappa shape index (κ1) is 15.7. The van der Waals surface area contributed by atoms with E-state index in [1.165, 1.54) is 18.2 Å². The van der Waals surface area contributed by atoms with Crippen LogP contribution in [-0.4, -0.2) is 24.7 Å². The Morgan fingerprint density at radius 2 is 2.25 bits per heavy atom. The van der Waals surface area contributed by atoms with Gasteiger partial charge in [0.25, 0.3) is 0 Å². The maximum Gasteiger partial charge on any atom is 0.328 e. The molecule has 0 radical (unpaired) electrons. The third kappa shape index (κ3) is 4.40. The summed E-state index contributed by atoms with van der Waals surface area (Å²) in [5.41, 5.74) is 0.823. The van der Waals surface area contributed by atoms with Crippen LogP contribution >= 0.6 is 0 Å². The van der Waals surface area contributed by atoms with Crippen LogP contribution in [0.4, 0.5) is 5.69 Å². The van der Waals surface area contributed by atoms with Gasteiger partial charge in [0.15, 0.2) is 5.25 Å². The van der Waals surface area contributed by atoms with Crippen molar-refractivity contribution in [3.63, 3.8) is 0 Å². The van der Waals surface area contributed by atoms with E-state index >= 15 is 0 Å². The Hall–Kier alpha value is -2.33. The Labute approximate surface area is 117 Å². The third-order valence-electron chi connectivity index (χ3n) is 2.45. The fraction of sp³-hybridized carbons (Fsp3) is 0.231. The Kier molecular flexibility index (Phi) is 5.29. The van der Waals surface area contributed by atoms with E-state index in [4.69, 9.17) is 10.4 Å². The fourth-order valence-electron chi connectivity index (χ4n) is 1.49. The third-order valence-corrected chi connectivity index (χ3v) is 4.16. The van der Waals surface area contributed by atoms with Crippen LogP contribution in [0.5, 0.6) is 0 Å². The zero-order valence-electron chi connectivity index (χ0n) is 10.8. The SMILES string of the molecule is CCC(C#N)S(=O)(=O)Nc1cccc(/C=C/C(=O)O)c1. The molecule has 0 spiro atoms. The lowest BCUT2D eigenvalue weighted by Gasteiger charge is -2.11. The van der Waals surface area contributed by atoms with Gasteiger partial charge in [-0.25, -0.2) is 13.2 Å². The first-order valence-corrected chi connectivity index (χ1v) is 7.36. The molecule has 1 unspecified atom stereocenters. The Balaban J connectivity index is 2.97. The maximum absolute atomic E-state index is 11.9. The number of aliphatic carboxylic acids is 1. The molecule has 0 fully saturated rings. The molecule has 6 nitrogen and oxygen atoms in total. The summed E-state index contributed by atoms with van der Waals surface area (Å²) in [4.78, 5) is 10.4. The Morgan fingerprint density at radius 1 is 1.55 bits per heavy atom. The number of nitrogens with zero attached hydrogens (tertiary/aromatic N) is 1. The van der Waals surface area contributed by atoms with Crippen molar-refractivity contribution in [2.45, 2.75) is 18.6 Å². The number of nitrogens with one attached hydrogen (secondary N) is 1. The van der Waals surface area contributed by atoms with Crippen molar-refractivity contribution in [3.8, 4) is 6.07 Å². The van der Waals surface area contributed by atoms with E-state index in [1.807, 2.05) is 0 Å². The number of hydrogen-bond acceptors (Lipinski definition) is 4. The number of anilines is 1. The minimum Gasteiger partial charge on any atom is -0.478 e. The Bertz CT molecular complexity index is 659.